The molecule has 0 aromatic heterocycles. The van der Waals surface area contributed by atoms with E-state index in [1.807, 2.05) is 61.5 Å². The summed E-state index contributed by atoms with van der Waals surface area (Å²) in [7, 11) is 0. The van der Waals surface area contributed by atoms with E-state index >= 15 is 0 Å². The topological polar surface area (TPSA) is 41.1 Å². The van der Waals surface area contributed by atoms with Crippen LogP contribution in [0.4, 0.5) is 10.5 Å². The molecule has 108 valence electrons. The molecule has 2 aromatic carbocycles. The number of carbonyl (C=O) groups excluding carboxylic acids is 1. The van der Waals surface area contributed by atoms with Crippen LogP contribution in [0.5, 0.6) is 0 Å². The molecule has 0 aliphatic heterocycles. The van der Waals surface area contributed by atoms with Crippen LogP contribution in [0.25, 0.3) is 6.08 Å². The molecule has 21 heavy (non-hydrogen) atoms. The average molecular weight is 280 g/mol. The maximum Gasteiger partial charge on any atom is 0.323 e. The lowest BCUT2D eigenvalue weighted by atomic mass is 10.1. The number of nitrogens with one attached hydrogen (secondary N) is 2. The Morgan fingerprint density at radius 3 is 2.57 bits per heavy atom. The van der Waals surface area contributed by atoms with Crippen molar-refractivity contribution in [3.8, 4) is 0 Å². The molecule has 0 saturated heterocycles. The van der Waals surface area contributed by atoms with Crippen LogP contribution in [0.2, 0.25) is 0 Å². The van der Waals surface area contributed by atoms with Crippen molar-refractivity contribution in [1.82, 2.24) is 5.32 Å². The zero-order chi connectivity index (χ0) is 15.1. The van der Waals surface area contributed by atoms with Crippen LogP contribution < -0.4 is 10.6 Å². The lowest BCUT2D eigenvalue weighted by Gasteiger charge is -2.09. The Labute approximate surface area is 125 Å². The normalized spacial score (nSPS) is 10.6. The molecule has 0 atom stereocenters. The fourth-order valence-corrected chi connectivity index (χ4v) is 2.09. The molecular weight excluding hydrogens is 260 g/mol. The van der Waals surface area contributed by atoms with Crippen LogP contribution in [-0.2, 0) is 6.42 Å². The van der Waals surface area contributed by atoms with Gasteiger partial charge in [0, 0.05) is 11.9 Å². The lowest BCUT2D eigenvalue weighted by Crippen LogP contribution is -2.24. The van der Waals surface area contributed by atoms with Gasteiger partial charge in [-0.25, -0.2) is 4.79 Å². The van der Waals surface area contributed by atoms with Gasteiger partial charge in [0.2, 0.25) is 0 Å². The summed E-state index contributed by atoms with van der Waals surface area (Å²) in [6.07, 6.45) is 4.43. The first-order valence-corrected chi connectivity index (χ1v) is 7.08. The van der Waals surface area contributed by atoms with Gasteiger partial charge in [-0.05, 0) is 42.2 Å². The number of rotatable bonds is 4. The van der Waals surface area contributed by atoms with Gasteiger partial charge < -0.3 is 10.6 Å². The smallest absolute Gasteiger partial charge is 0.314 e. The summed E-state index contributed by atoms with van der Waals surface area (Å²) >= 11 is 0. The summed E-state index contributed by atoms with van der Waals surface area (Å²) in [5, 5.41) is 5.59. The molecule has 0 aliphatic rings. The van der Waals surface area contributed by atoms with Gasteiger partial charge in [-0.2, -0.15) is 0 Å². The van der Waals surface area contributed by atoms with Crippen molar-refractivity contribution >= 4 is 17.8 Å². The molecule has 0 saturated carbocycles. The zero-order valence-electron chi connectivity index (χ0n) is 12.4. The van der Waals surface area contributed by atoms with Crippen molar-refractivity contribution in [1.29, 1.82) is 0 Å². The number of anilines is 1. The summed E-state index contributed by atoms with van der Waals surface area (Å²) in [5.74, 6) is 0. The maximum absolute atomic E-state index is 11.9. The van der Waals surface area contributed by atoms with Crippen molar-refractivity contribution in [2.45, 2.75) is 20.3 Å². The summed E-state index contributed by atoms with van der Waals surface area (Å²) in [5.41, 5.74) is 4.23. The van der Waals surface area contributed by atoms with Crippen molar-refractivity contribution < 1.29 is 4.79 Å². The van der Waals surface area contributed by atoms with E-state index in [4.69, 9.17) is 0 Å². The fraction of sp³-hybridized carbons (Fsp3) is 0.167. The predicted molar refractivity (Wildman–Crippen MR) is 88.2 cm³/mol. The number of amides is 2. The predicted octanol–water partition coefficient (Wildman–Crippen LogP) is 4.35. The molecular formula is C18H20N2O. The van der Waals surface area contributed by atoms with Crippen LogP contribution in [0.1, 0.15) is 23.6 Å². The van der Waals surface area contributed by atoms with Crippen LogP contribution in [0.15, 0.2) is 54.7 Å². The quantitative estimate of drug-likeness (QED) is 0.859. The van der Waals surface area contributed by atoms with E-state index in [2.05, 4.69) is 17.6 Å². The van der Waals surface area contributed by atoms with E-state index in [-0.39, 0.29) is 6.03 Å². The molecule has 2 rings (SSSR count). The Morgan fingerprint density at radius 1 is 1.10 bits per heavy atom. The van der Waals surface area contributed by atoms with Crippen molar-refractivity contribution in [2.24, 2.45) is 0 Å². The minimum Gasteiger partial charge on any atom is -0.314 e. The highest BCUT2D eigenvalue weighted by molar-refractivity contribution is 5.91. The summed E-state index contributed by atoms with van der Waals surface area (Å²) < 4.78 is 0. The lowest BCUT2D eigenvalue weighted by molar-refractivity contribution is 0.255. The molecule has 0 heterocycles. The third-order valence-corrected chi connectivity index (χ3v) is 3.31. The Kier molecular flexibility index (Phi) is 5.16. The van der Waals surface area contributed by atoms with Gasteiger partial charge in [0.15, 0.2) is 0 Å². The molecule has 0 fully saturated rings. The number of para-hydroxylation sites is 1. The fourth-order valence-electron chi connectivity index (χ4n) is 2.09. The van der Waals surface area contributed by atoms with E-state index in [1.165, 1.54) is 5.56 Å². The zero-order valence-corrected chi connectivity index (χ0v) is 12.4. The van der Waals surface area contributed by atoms with E-state index in [0.717, 1.165) is 23.2 Å². The monoisotopic (exact) mass is 280 g/mol. The first-order valence-electron chi connectivity index (χ1n) is 7.08. The second-order valence-electron chi connectivity index (χ2n) is 4.80. The first-order chi connectivity index (χ1) is 10.2. The molecule has 0 aliphatic carbocycles. The number of hydrogen-bond acceptors (Lipinski definition) is 1. The first kappa shape index (κ1) is 14.9. The second-order valence-corrected chi connectivity index (χ2v) is 4.80. The number of carbonyl (C=O) groups is 1. The molecule has 0 spiro atoms. The molecule has 2 aromatic rings. The van der Waals surface area contributed by atoms with E-state index in [1.54, 1.807) is 6.20 Å². The number of hydrogen-bond donors (Lipinski definition) is 2. The maximum atomic E-state index is 11.9. The van der Waals surface area contributed by atoms with Crippen LogP contribution in [0, 0.1) is 6.92 Å². The van der Waals surface area contributed by atoms with E-state index in [9.17, 15) is 4.79 Å². The molecule has 2 N–H and O–H groups in total. The van der Waals surface area contributed by atoms with Gasteiger partial charge in [0.1, 0.15) is 0 Å². The SMILES string of the molecule is CCc1ccccc1NC(=O)N/C=C/c1ccccc1C. The standard InChI is InChI=1S/C18H20N2O/c1-3-15-9-6-7-11-17(15)20-18(21)19-13-12-16-10-5-4-8-14(16)2/h4-13H,3H2,1-2H3,(H2,19,20,21)/b13-12+. The Bertz CT molecular complexity index is 647. The Morgan fingerprint density at radius 2 is 1.81 bits per heavy atom. The minimum atomic E-state index is -0.235. The summed E-state index contributed by atoms with van der Waals surface area (Å²) in [6, 6.07) is 15.6. The number of aryl methyl sites for hydroxylation is 2. The van der Waals surface area contributed by atoms with Gasteiger partial charge in [-0.1, -0.05) is 49.4 Å². The van der Waals surface area contributed by atoms with Crippen LogP contribution in [0.3, 0.4) is 0 Å². The minimum absolute atomic E-state index is 0.235. The molecule has 0 bridgehead atoms. The third kappa shape index (κ3) is 4.21. The van der Waals surface area contributed by atoms with E-state index < -0.39 is 0 Å². The molecule has 2 amide bonds. The highest BCUT2D eigenvalue weighted by atomic mass is 16.2. The molecule has 0 radical (unpaired) electrons. The Balaban J connectivity index is 1.95. The largest absolute Gasteiger partial charge is 0.323 e. The van der Waals surface area contributed by atoms with Gasteiger partial charge in [-0.15, -0.1) is 0 Å². The average Bonchev–Trinajstić information content (AvgIpc) is 2.50. The number of benzene rings is 2. The highest BCUT2D eigenvalue weighted by Gasteiger charge is 2.03. The van der Waals surface area contributed by atoms with Crippen molar-refractivity contribution in [3.05, 3.63) is 71.4 Å². The second kappa shape index (κ2) is 7.29. The van der Waals surface area contributed by atoms with Gasteiger partial charge in [0.05, 0.1) is 0 Å². The van der Waals surface area contributed by atoms with Crippen LogP contribution >= 0.6 is 0 Å². The highest BCUT2D eigenvalue weighted by Crippen LogP contribution is 2.15. The third-order valence-electron chi connectivity index (χ3n) is 3.31. The molecule has 0 unspecified atom stereocenters. The molecule has 3 heteroatoms. The van der Waals surface area contributed by atoms with Gasteiger partial charge in [-0.3, -0.25) is 0 Å². The summed E-state index contributed by atoms with van der Waals surface area (Å²) in [4.78, 5) is 11.9. The number of urea groups is 1. The van der Waals surface area contributed by atoms with E-state index in [0.29, 0.717) is 0 Å². The molecule has 3 nitrogen and oxygen atoms in total. The van der Waals surface area contributed by atoms with Crippen molar-refractivity contribution in [3.63, 3.8) is 0 Å². The van der Waals surface area contributed by atoms with Gasteiger partial charge in [0.25, 0.3) is 0 Å². The van der Waals surface area contributed by atoms with Crippen LogP contribution in [-0.4, -0.2) is 6.03 Å². The Hall–Kier alpha value is -2.55. The van der Waals surface area contributed by atoms with Crippen molar-refractivity contribution in [2.75, 3.05) is 5.32 Å². The van der Waals surface area contributed by atoms with Gasteiger partial charge >= 0.3 is 6.03 Å². The summed E-state index contributed by atoms with van der Waals surface area (Å²) in [6.45, 7) is 4.10.